The number of benzene rings is 1. The van der Waals surface area contributed by atoms with Gasteiger partial charge in [0.05, 0.1) is 12.2 Å². The number of anilines is 1. The predicted octanol–water partition coefficient (Wildman–Crippen LogP) is 4.50. The van der Waals surface area contributed by atoms with E-state index in [1.165, 1.54) is 4.88 Å². The van der Waals surface area contributed by atoms with Crippen molar-refractivity contribution in [2.75, 3.05) is 5.32 Å². The molecule has 0 saturated heterocycles. The second-order valence-corrected chi connectivity index (χ2v) is 6.14. The Morgan fingerprint density at radius 2 is 1.95 bits per heavy atom. The molecule has 1 aromatic carbocycles. The molecule has 0 aliphatic heterocycles. The smallest absolute Gasteiger partial charge is 0.157 e. The summed E-state index contributed by atoms with van der Waals surface area (Å²) in [6.07, 6.45) is 1.80. The van der Waals surface area contributed by atoms with Crippen molar-refractivity contribution in [2.45, 2.75) is 19.9 Å². The molecule has 0 aliphatic rings. The van der Waals surface area contributed by atoms with Gasteiger partial charge in [0.15, 0.2) is 5.82 Å². The molecule has 102 valence electrons. The molecule has 20 heavy (non-hydrogen) atoms. The lowest BCUT2D eigenvalue weighted by Crippen LogP contribution is -2.16. The molecule has 3 rings (SSSR count). The largest absolute Gasteiger partial charge is 0.360 e. The molecule has 0 bridgehead atoms. The molecule has 0 fully saturated rings. The van der Waals surface area contributed by atoms with E-state index in [9.17, 15) is 0 Å². The van der Waals surface area contributed by atoms with Gasteiger partial charge in [-0.3, -0.25) is 0 Å². The number of rotatable bonds is 4. The maximum atomic E-state index is 4.28. The number of aromatic nitrogens is 2. The van der Waals surface area contributed by atoms with Crippen LogP contribution in [0.4, 0.5) is 5.82 Å². The molecule has 0 amide bonds. The first-order valence-corrected chi connectivity index (χ1v) is 7.64. The van der Waals surface area contributed by atoms with Crippen LogP contribution in [0.25, 0.3) is 10.8 Å². The van der Waals surface area contributed by atoms with Gasteiger partial charge < -0.3 is 5.32 Å². The Balaban J connectivity index is 1.99. The Bertz CT molecular complexity index is 687. The zero-order valence-corrected chi connectivity index (χ0v) is 12.4. The molecule has 0 saturated carbocycles. The average molecular weight is 283 g/mol. The minimum Gasteiger partial charge on any atom is -0.360 e. The van der Waals surface area contributed by atoms with Gasteiger partial charge in [0, 0.05) is 15.6 Å². The Kier molecular flexibility index (Phi) is 3.65. The van der Waals surface area contributed by atoms with Crippen LogP contribution in [0.3, 0.4) is 0 Å². The van der Waals surface area contributed by atoms with Crippen LogP contribution in [0.5, 0.6) is 0 Å². The molecular formula is C16H17N3S. The SMILES string of the molecule is CC(C)C(Nc1nncc2ccccc12)c1cccs1. The van der Waals surface area contributed by atoms with Gasteiger partial charge in [-0.2, -0.15) is 5.10 Å². The monoisotopic (exact) mass is 283 g/mol. The molecule has 4 heteroatoms. The van der Waals surface area contributed by atoms with Crippen LogP contribution in [0, 0.1) is 5.92 Å². The fraction of sp³-hybridized carbons (Fsp3) is 0.250. The van der Waals surface area contributed by atoms with E-state index in [0.29, 0.717) is 5.92 Å². The Hall–Kier alpha value is -1.94. The first-order chi connectivity index (χ1) is 9.75. The molecule has 1 N–H and O–H groups in total. The topological polar surface area (TPSA) is 37.8 Å². The molecule has 0 aliphatic carbocycles. The summed E-state index contributed by atoms with van der Waals surface area (Å²) in [6.45, 7) is 4.44. The normalized spacial score (nSPS) is 12.8. The first kappa shape index (κ1) is 13.1. The van der Waals surface area contributed by atoms with Crippen LogP contribution in [0.2, 0.25) is 0 Å². The first-order valence-electron chi connectivity index (χ1n) is 6.76. The summed E-state index contributed by atoms with van der Waals surface area (Å²) in [4.78, 5) is 1.33. The van der Waals surface area contributed by atoms with Gasteiger partial charge >= 0.3 is 0 Å². The van der Waals surface area contributed by atoms with Crippen molar-refractivity contribution in [3.05, 3.63) is 52.9 Å². The van der Waals surface area contributed by atoms with Crippen LogP contribution in [-0.4, -0.2) is 10.2 Å². The fourth-order valence-corrected chi connectivity index (χ4v) is 3.27. The lowest BCUT2D eigenvalue weighted by atomic mass is 10.0. The number of fused-ring (bicyclic) bond motifs is 1. The standard InChI is InChI=1S/C16H17N3S/c1-11(2)15(14-8-5-9-20-14)18-16-13-7-4-3-6-12(13)10-17-19-16/h3-11,15H,1-2H3,(H,18,19). The number of thiophene rings is 1. The molecule has 2 heterocycles. The third-order valence-electron chi connectivity index (χ3n) is 3.38. The van der Waals surface area contributed by atoms with Gasteiger partial charge in [0.25, 0.3) is 0 Å². The van der Waals surface area contributed by atoms with Crippen molar-refractivity contribution in [1.82, 2.24) is 10.2 Å². The van der Waals surface area contributed by atoms with Gasteiger partial charge in [-0.15, -0.1) is 16.4 Å². The van der Waals surface area contributed by atoms with Gasteiger partial charge in [-0.25, -0.2) is 0 Å². The maximum absolute atomic E-state index is 4.28. The third-order valence-corrected chi connectivity index (χ3v) is 4.33. The van der Waals surface area contributed by atoms with Crippen molar-refractivity contribution < 1.29 is 0 Å². The summed E-state index contributed by atoms with van der Waals surface area (Å²) in [6, 6.07) is 12.7. The maximum Gasteiger partial charge on any atom is 0.157 e. The van der Waals surface area contributed by atoms with Crippen LogP contribution < -0.4 is 5.32 Å². The van der Waals surface area contributed by atoms with Crippen molar-refractivity contribution >= 4 is 27.9 Å². The summed E-state index contributed by atoms with van der Waals surface area (Å²) in [5.41, 5.74) is 0. The van der Waals surface area contributed by atoms with E-state index in [2.05, 4.69) is 59.0 Å². The summed E-state index contributed by atoms with van der Waals surface area (Å²) in [7, 11) is 0. The Morgan fingerprint density at radius 3 is 2.70 bits per heavy atom. The summed E-state index contributed by atoms with van der Waals surface area (Å²) in [5.74, 6) is 1.34. The molecule has 1 atom stereocenters. The van der Waals surface area contributed by atoms with E-state index >= 15 is 0 Å². The second kappa shape index (κ2) is 5.59. The van der Waals surface area contributed by atoms with Crippen LogP contribution in [-0.2, 0) is 0 Å². The number of nitrogens with zero attached hydrogens (tertiary/aromatic N) is 2. The molecule has 1 unspecified atom stereocenters. The van der Waals surface area contributed by atoms with Gasteiger partial charge in [0.1, 0.15) is 0 Å². The van der Waals surface area contributed by atoms with Crippen molar-refractivity contribution in [2.24, 2.45) is 5.92 Å². The van der Waals surface area contributed by atoms with Gasteiger partial charge in [0.2, 0.25) is 0 Å². The number of nitrogens with one attached hydrogen (secondary N) is 1. The van der Waals surface area contributed by atoms with Crippen LogP contribution in [0.15, 0.2) is 48.0 Å². The number of hydrogen-bond acceptors (Lipinski definition) is 4. The quantitative estimate of drug-likeness (QED) is 0.766. The Morgan fingerprint density at radius 1 is 1.10 bits per heavy atom. The van der Waals surface area contributed by atoms with Crippen molar-refractivity contribution in [3.63, 3.8) is 0 Å². The van der Waals surface area contributed by atoms with E-state index in [1.807, 2.05) is 12.1 Å². The van der Waals surface area contributed by atoms with Gasteiger partial charge in [-0.05, 0) is 17.4 Å². The second-order valence-electron chi connectivity index (χ2n) is 5.16. The average Bonchev–Trinajstić information content (AvgIpc) is 2.98. The summed E-state index contributed by atoms with van der Waals surface area (Å²) in [5, 5.41) is 16.3. The van der Waals surface area contributed by atoms with E-state index < -0.39 is 0 Å². The zero-order chi connectivity index (χ0) is 13.9. The lowest BCUT2D eigenvalue weighted by Gasteiger charge is -2.22. The minimum atomic E-state index is 0.259. The van der Waals surface area contributed by atoms with E-state index in [-0.39, 0.29) is 6.04 Å². The highest BCUT2D eigenvalue weighted by Gasteiger charge is 2.18. The van der Waals surface area contributed by atoms with Crippen LogP contribution >= 0.6 is 11.3 Å². The molecular weight excluding hydrogens is 266 g/mol. The highest BCUT2D eigenvalue weighted by atomic mass is 32.1. The summed E-state index contributed by atoms with van der Waals surface area (Å²) < 4.78 is 0. The zero-order valence-electron chi connectivity index (χ0n) is 11.6. The lowest BCUT2D eigenvalue weighted by molar-refractivity contribution is 0.552. The van der Waals surface area contributed by atoms with Crippen LogP contribution in [0.1, 0.15) is 24.8 Å². The van der Waals surface area contributed by atoms with E-state index in [4.69, 9.17) is 0 Å². The number of hydrogen-bond donors (Lipinski definition) is 1. The molecule has 3 aromatic rings. The van der Waals surface area contributed by atoms with Crippen molar-refractivity contribution in [3.8, 4) is 0 Å². The van der Waals surface area contributed by atoms with Crippen molar-refractivity contribution in [1.29, 1.82) is 0 Å². The summed E-state index contributed by atoms with van der Waals surface area (Å²) >= 11 is 1.77. The molecule has 0 spiro atoms. The molecule has 2 aromatic heterocycles. The third kappa shape index (κ3) is 2.51. The van der Waals surface area contributed by atoms with E-state index in [0.717, 1.165) is 16.6 Å². The highest BCUT2D eigenvalue weighted by molar-refractivity contribution is 7.10. The predicted molar refractivity (Wildman–Crippen MR) is 85.1 cm³/mol. The van der Waals surface area contributed by atoms with Gasteiger partial charge in [-0.1, -0.05) is 44.2 Å². The minimum absolute atomic E-state index is 0.259. The Labute approximate surface area is 122 Å². The molecule has 0 radical (unpaired) electrons. The molecule has 3 nitrogen and oxygen atoms in total. The fourth-order valence-electron chi connectivity index (χ4n) is 2.32. The van der Waals surface area contributed by atoms with E-state index in [1.54, 1.807) is 17.5 Å². The highest BCUT2D eigenvalue weighted by Crippen LogP contribution is 2.31.